The Morgan fingerprint density at radius 2 is 1.58 bits per heavy atom. The molecular formula is C25H39N3O4S. The summed E-state index contributed by atoms with van der Waals surface area (Å²) in [6, 6.07) is 7.12. The molecule has 0 bridgehead atoms. The summed E-state index contributed by atoms with van der Waals surface area (Å²) < 4.78 is 32.6. The number of nitrogens with zero attached hydrogens (tertiary/aromatic N) is 3. The number of hydrogen-bond acceptors (Lipinski definition) is 5. The summed E-state index contributed by atoms with van der Waals surface area (Å²) >= 11 is 0. The van der Waals surface area contributed by atoms with Gasteiger partial charge in [0.05, 0.1) is 18.1 Å². The molecule has 0 aliphatic carbocycles. The van der Waals surface area contributed by atoms with Crippen molar-refractivity contribution in [2.45, 2.75) is 56.3 Å². The van der Waals surface area contributed by atoms with E-state index in [0.29, 0.717) is 36.7 Å². The van der Waals surface area contributed by atoms with Crippen LogP contribution in [0.15, 0.2) is 29.2 Å². The molecule has 7 nitrogen and oxygen atoms in total. The molecule has 3 heterocycles. The predicted molar refractivity (Wildman–Crippen MR) is 129 cm³/mol. The van der Waals surface area contributed by atoms with Crippen LogP contribution in [0.2, 0.25) is 0 Å². The third kappa shape index (κ3) is 6.78. The van der Waals surface area contributed by atoms with Crippen LogP contribution in [0.5, 0.6) is 0 Å². The maximum atomic E-state index is 12.8. The van der Waals surface area contributed by atoms with Crippen LogP contribution >= 0.6 is 0 Å². The number of carbonyl (C=O) groups is 1. The molecule has 1 aromatic rings. The van der Waals surface area contributed by atoms with Crippen molar-refractivity contribution in [1.82, 2.24) is 14.1 Å². The fraction of sp³-hybridized carbons (Fsp3) is 0.720. The molecule has 0 saturated carbocycles. The molecule has 0 unspecified atom stereocenters. The van der Waals surface area contributed by atoms with Crippen molar-refractivity contribution in [3.8, 4) is 0 Å². The molecule has 0 spiro atoms. The van der Waals surface area contributed by atoms with Gasteiger partial charge in [-0.1, -0.05) is 18.6 Å². The summed E-state index contributed by atoms with van der Waals surface area (Å²) in [7, 11) is -3.40. The van der Waals surface area contributed by atoms with Crippen LogP contribution in [-0.2, 0) is 26.0 Å². The zero-order chi connectivity index (χ0) is 23.1. The number of ether oxygens (including phenoxy) is 1. The zero-order valence-corrected chi connectivity index (χ0v) is 20.6. The first kappa shape index (κ1) is 24.6. The molecule has 3 aliphatic heterocycles. The van der Waals surface area contributed by atoms with Gasteiger partial charge in [-0.25, -0.2) is 8.42 Å². The van der Waals surface area contributed by atoms with Crippen LogP contribution in [0.1, 0.15) is 50.5 Å². The van der Waals surface area contributed by atoms with Gasteiger partial charge in [-0.2, -0.15) is 4.31 Å². The van der Waals surface area contributed by atoms with Gasteiger partial charge >= 0.3 is 0 Å². The molecule has 0 radical (unpaired) electrons. The first-order valence-electron chi connectivity index (χ1n) is 12.7. The van der Waals surface area contributed by atoms with Gasteiger partial charge in [0, 0.05) is 45.7 Å². The summed E-state index contributed by atoms with van der Waals surface area (Å²) in [5.74, 6) is 0.929. The van der Waals surface area contributed by atoms with Crippen molar-refractivity contribution in [2.24, 2.45) is 5.92 Å². The molecular weight excluding hydrogens is 438 g/mol. The Kier molecular flexibility index (Phi) is 8.79. The fourth-order valence-electron chi connectivity index (χ4n) is 5.15. The number of amides is 1. The lowest BCUT2D eigenvalue weighted by molar-refractivity contribution is -0.132. The van der Waals surface area contributed by atoms with E-state index in [2.05, 4.69) is 4.90 Å². The Bertz CT molecular complexity index is 854. The molecule has 1 amide bonds. The van der Waals surface area contributed by atoms with Gasteiger partial charge in [-0.15, -0.1) is 0 Å². The van der Waals surface area contributed by atoms with Crippen molar-refractivity contribution in [3.63, 3.8) is 0 Å². The largest absolute Gasteiger partial charge is 0.379 e. The first-order chi connectivity index (χ1) is 16.0. The molecule has 184 valence electrons. The maximum Gasteiger partial charge on any atom is 0.243 e. The molecule has 3 saturated heterocycles. The van der Waals surface area contributed by atoms with Gasteiger partial charge in [0.25, 0.3) is 0 Å². The van der Waals surface area contributed by atoms with E-state index < -0.39 is 10.0 Å². The number of benzene rings is 1. The summed E-state index contributed by atoms with van der Waals surface area (Å²) in [6.07, 6.45) is 7.52. The van der Waals surface area contributed by atoms with E-state index in [9.17, 15) is 13.2 Å². The topological polar surface area (TPSA) is 70.2 Å². The Hall–Kier alpha value is -1.48. The van der Waals surface area contributed by atoms with Gasteiger partial charge in [-0.3, -0.25) is 9.69 Å². The number of morpholine rings is 1. The Balaban J connectivity index is 1.18. The average Bonchev–Trinajstić information content (AvgIpc) is 2.88. The minimum atomic E-state index is -3.40. The van der Waals surface area contributed by atoms with E-state index in [1.165, 1.54) is 6.42 Å². The monoisotopic (exact) mass is 477 g/mol. The number of aryl methyl sites for hydroxylation is 1. The molecule has 1 aromatic carbocycles. The molecule has 0 aromatic heterocycles. The second-order valence-corrected chi connectivity index (χ2v) is 11.6. The molecule has 8 heteroatoms. The second kappa shape index (κ2) is 11.8. The van der Waals surface area contributed by atoms with Crippen molar-refractivity contribution in [2.75, 3.05) is 59.0 Å². The second-order valence-electron chi connectivity index (χ2n) is 9.68. The molecule has 4 rings (SSSR count). The van der Waals surface area contributed by atoms with Crippen molar-refractivity contribution < 1.29 is 17.9 Å². The lowest BCUT2D eigenvalue weighted by Gasteiger charge is -2.34. The number of carbonyl (C=O) groups excluding carboxylic acids is 1. The van der Waals surface area contributed by atoms with E-state index in [-0.39, 0.29) is 5.91 Å². The van der Waals surface area contributed by atoms with E-state index in [0.717, 1.165) is 83.6 Å². The highest BCUT2D eigenvalue weighted by molar-refractivity contribution is 7.89. The van der Waals surface area contributed by atoms with Gasteiger partial charge in [0.1, 0.15) is 0 Å². The highest BCUT2D eigenvalue weighted by Crippen LogP contribution is 2.23. The van der Waals surface area contributed by atoms with Gasteiger partial charge < -0.3 is 9.64 Å². The average molecular weight is 478 g/mol. The van der Waals surface area contributed by atoms with Crippen LogP contribution in [-0.4, -0.2) is 87.5 Å². The van der Waals surface area contributed by atoms with Crippen LogP contribution < -0.4 is 0 Å². The van der Waals surface area contributed by atoms with Crippen LogP contribution in [0.3, 0.4) is 0 Å². The Morgan fingerprint density at radius 3 is 2.24 bits per heavy atom. The predicted octanol–water partition coefficient (Wildman–Crippen LogP) is 2.75. The normalized spacial score (nSPS) is 21.9. The SMILES string of the molecule is O=C(CCc1ccc(S(=O)(=O)N2CCCCC2)cc1)N1CCC(CCN2CCOCC2)CC1. The number of rotatable bonds is 8. The van der Waals surface area contributed by atoms with Gasteiger partial charge in [-0.05, 0) is 68.7 Å². The first-order valence-corrected chi connectivity index (χ1v) is 14.1. The Labute approximate surface area is 199 Å². The summed E-state index contributed by atoms with van der Waals surface area (Å²) in [4.78, 5) is 17.6. The number of likely N-dealkylation sites (tertiary alicyclic amines) is 1. The highest BCUT2D eigenvalue weighted by atomic mass is 32.2. The number of sulfonamides is 1. The van der Waals surface area contributed by atoms with E-state index in [4.69, 9.17) is 4.74 Å². The quantitative estimate of drug-likeness (QED) is 0.576. The minimum absolute atomic E-state index is 0.214. The fourth-order valence-corrected chi connectivity index (χ4v) is 6.67. The van der Waals surface area contributed by atoms with Crippen LogP contribution in [0.25, 0.3) is 0 Å². The van der Waals surface area contributed by atoms with Crippen LogP contribution in [0, 0.1) is 5.92 Å². The van der Waals surface area contributed by atoms with E-state index >= 15 is 0 Å². The van der Waals surface area contributed by atoms with Crippen molar-refractivity contribution in [3.05, 3.63) is 29.8 Å². The van der Waals surface area contributed by atoms with Gasteiger partial charge in [0.2, 0.25) is 15.9 Å². The summed E-state index contributed by atoms with van der Waals surface area (Å²) in [6.45, 7) is 7.88. The maximum absolute atomic E-state index is 12.8. The molecule has 0 atom stereocenters. The summed E-state index contributed by atoms with van der Waals surface area (Å²) in [5, 5.41) is 0. The Morgan fingerprint density at radius 1 is 0.909 bits per heavy atom. The number of hydrogen-bond donors (Lipinski definition) is 0. The standard InChI is InChI=1S/C25H39N3O4S/c29-25(27-16-11-23(12-17-27)10-15-26-18-20-32-21-19-26)9-6-22-4-7-24(8-5-22)33(30,31)28-13-2-1-3-14-28/h4-5,7-8,23H,1-3,6,9-21H2. The van der Waals surface area contributed by atoms with Crippen molar-refractivity contribution in [1.29, 1.82) is 0 Å². The molecule has 33 heavy (non-hydrogen) atoms. The van der Waals surface area contributed by atoms with E-state index in [1.807, 2.05) is 17.0 Å². The smallest absolute Gasteiger partial charge is 0.243 e. The van der Waals surface area contributed by atoms with Crippen LogP contribution in [0.4, 0.5) is 0 Å². The third-order valence-electron chi connectivity index (χ3n) is 7.43. The third-order valence-corrected chi connectivity index (χ3v) is 9.34. The lowest BCUT2D eigenvalue weighted by Crippen LogP contribution is -2.40. The van der Waals surface area contributed by atoms with Gasteiger partial charge in [0.15, 0.2) is 0 Å². The highest BCUT2D eigenvalue weighted by Gasteiger charge is 2.26. The minimum Gasteiger partial charge on any atom is -0.379 e. The molecule has 3 aliphatic rings. The zero-order valence-electron chi connectivity index (χ0n) is 19.8. The lowest BCUT2D eigenvalue weighted by atomic mass is 9.93. The van der Waals surface area contributed by atoms with E-state index in [1.54, 1.807) is 16.4 Å². The van der Waals surface area contributed by atoms with Crippen molar-refractivity contribution >= 4 is 15.9 Å². The summed E-state index contributed by atoms with van der Waals surface area (Å²) in [5.41, 5.74) is 1.02. The molecule has 0 N–H and O–H groups in total. The molecule has 3 fully saturated rings. The number of piperidine rings is 2.